The highest BCUT2D eigenvalue weighted by Gasteiger charge is 2.15. The van der Waals surface area contributed by atoms with E-state index in [1.54, 1.807) is 38.1 Å². The van der Waals surface area contributed by atoms with E-state index in [0.717, 1.165) is 0 Å². The third kappa shape index (κ3) is 3.04. The Bertz CT molecular complexity index is 295. The van der Waals surface area contributed by atoms with Crippen molar-refractivity contribution in [2.75, 3.05) is 0 Å². The summed E-state index contributed by atoms with van der Waals surface area (Å²) in [6.07, 6.45) is -0.274. The molecule has 2 nitrogen and oxygen atoms in total. The summed E-state index contributed by atoms with van der Waals surface area (Å²) in [5.41, 5.74) is 0.552. The Labute approximate surface area is 88.8 Å². The van der Waals surface area contributed by atoms with Gasteiger partial charge in [0, 0.05) is 0 Å². The zero-order chi connectivity index (χ0) is 10.6. The van der Waals surface area contributed by atoms with Gasteiger partial charge >= 0.3 is 5.97 Å². The molecule has 0 radical (unpaired) electrons. The average molecular weight is 213 g/mol. The van der Waals surface area contributed by atoms with Gasteiger partial charge in [-0.15, -0.1) is 11.6 Å². The predicted octanol–water partition coefficient (Wildman–Crippen LogP) is 2.86. The Balaban J connectivity index is 2.60. The Kier molecular flexibility index (Phi) is 3.96. The molecule has 0 bridgehead atoms. The maximum Gasteiger partial charge on any atom is 0.338 e. The molecule has 0 fully saturated rings. The average Bonchev–Trinajstić information content (AvgIpc) is 2.19. The first-order chi connectivity index (χ1) is 6.61. The highest BCUT2D eigenvalue weighted by atomic mass is 35.5. The fraction of sp³-hybridized carbons (Fsp3) is 0.364. The van der Waals surface area contributed by atoms with Crippen LogP contribution in [0.15, 0.2) is 30.3 Å². The molecule has 1 aromatic rings. The maximum atomic E-state index is 11.5. The lowest BCUT2D eigenvalue weighted by Gasteiger charge is -2.14. The molecule has 0 aliphatic carbocycles. The summed E-state index contributed by atoms with van der Waals surface area (Å²) < 4.78 is 5.13. The van der Waals surface area contributed by atoms with E-state index in [1.807, 2.05) is 6.07 Å². The van der Waals surface area contributed by atoms with Gasteiger partial charge in [0.15, 0.2) is 0 Å². The molecule has 1 rings (SSSR count). The minimum atomic E-state index is -0.328. The van der Waals surface area contributed by atoms with Gasteiger partial charge < -0.3 is 4.74 Å². The van der Waals surface area contributed by atoms with Crippen LogP contribution in [-0.4, -0.2) is 17.5 Å². The minimum Gasteiger partial charge on any atom is -0.458 e. The van der Waals surface area contributed by atoms with Crippen LogP contribution in [0.3, 0.4) is 0 Å². The SMILES string of the molecule is C[C@H](Cl)[C@@H](C)OC(=O)c1ccccc1. The molecule has 0 aliphatic heterocycles. The van der Waals surface area contributed by atoms with Crippen LogP contribution in [0.1, 0.15) is 24.2 Å². The quantitative estimate of drug-likeness (QED) is 0.569. The number of carbonyl (C=O) groups excluding carboxylic acids is 1. The van der Waals surface area contributed by atoms with Crippen LogP contribution in [0.4, 0.5) is 0 Å². The standard InChI is InChI=1S/C11H13ClO2/c1-8(12)9(2)14-11(13)10-6-4-3-5-7-10/h3-9H,1-2H3/t8-,9+/m0/s1. The normalized spacial score (nSPS) is 14.5. The van der Waals surface area contributed by atoms with Crippen LogP contribution >= 0.6 is 11.6 Å². The van der Waals surface area contributed by atoms with Crippen LogP contribution in [0, 0.1) is 0 Å². The Morgan fingerprint density at radius 1 is 1.29 bits per heavy atom. The van der Waals surface area contributed by atoms with Gasteiger partial charge in [-0.3, -0.25) is 0 Å². The molecule has 0 spiro atoms. The molecule has 76 valence electrons. The molecule has 0 aromatic heterocycles. The molecular formula is C11H13ClO2. The zero-order valence-electron chi connectivity index (χ0n) is 8.24. The maximum absolute atomic E-state index is 11.5. The largest absolute Gasteiger partial charge is 0.458 e. The van der Waals surface area contributed by atoms with Crippen molar-refractivity contribution >= 4 is 17.6 Å². The monoisotopic (exact) mass is 212 g/mol. The second-order valence-electron chi connectivity index (χ2n) is 3.15. The van der Waals surface area contributed by atoms with Gasteiger partial charge in [-0.25, -0.2) is 4.79 Å². The van der Waals surface area contributed by atoms with Gasteiger partial charge in [-0.2, -0.15) is 0 Å². The van der Waals surface area contributed by atoms with Crippen molar-refractivity contribution in [2.24, 2.45) is 0 Å². The lowest BCUT2D eigenvalue weighted by molar-refractivity contribution is 0.0341. The number of alkyl halides is 1. The Morgan fingerprint density at radius 3 is 2.36 bits per heavy atom. The number of rotatable bonds is 3. The third-order valence-electron chi connectivity index (χ3n) is 1.95. The van der Waals surface area contributed by atoms with Crippen LogP contribution < -0.4 is 0 Å². The second kappa shape index (κ2) is 5.01. The van der Waals surface area contributed by atoms with Gasteiger partial charge in [0.05, 0.1) is 10.9 Å². The molecule has 0 saturated heterocycles. The highest BCUT2D eigenvalue weighted by Crippen LogP contribution is 2.09. The second-order valence-corrected chi connectivity index (χ2v) is 3.84. The molecular weight excluding hydrogens is 200 g/mol. The smallest absolute Gasteiger partial charge is 0.338 e. The third-order valence-corrected chi connectivity index (χ3v) is 2.30. The van der Waals surface area contributed by atoms with Crippen molar-refractivity contribution in [3.8, 4) is 0 Å². The zero-order valence-corrected chi connectivity index (χ0v) is 8.99. The first-order valence-corrected chi connectivity index (χ1v) is 4.95. The van der Waals surface area contributed by atoms with Crippen molar-refractivity contribution < 1.29 is 9.53 Å². The summed E-state index contributed by atoms with van der Waals surface area (Å²) in [5.74, 6) is -0.328. The molecule has 0 amide bonds. The molecule has 0 unspecified atom stereocenters. The van der Waals surface area contributed by atoms with Crippen molar-refractivity contribution in [3.05, 3.63) is 35.9 Å². The van der Waals surface area contributed by atoms with Gasteiger partial charge in [-0.1, -0.05) is 18.2 Å². The van der Waals surface area contributed by atoms with Gasteiger partial charge in [-0.05, 0) is 26.0 Å². The highest BCUT2D eigenvalue weighted by molar-refractivity contribution is 6.20. The van der Waals surface area contributed by atoms with E-state index in [1.165, 1.54) is 0 Å². The number of benzene rings is 1. The number of halogens is 1. The fourth-order valence-electron chi connectivity index (χ4n) is 0.905. The van der Waals surface area contributed by atoms with Crippen molar-refractivity contribution in [3.63, 3.8) is 0 Å². The van der Waals surface area contributed by atoms with Crippen molar-refractivity contribution in [1.29, 1.82) is 0 Å². The first kappa shape index (κ1) is 11.1. The van der Waals surface area contributed by atoms with Crippen LogP contribution in [-0.2, 0) is 4.74 Å². The van der Waals surface area contributed by atoms with Crippen LogP contribution in [0.5, 0.6) is 0 Å². The number of ether oxygens (including phenoxy) is 1. The van der Waals surface area contributed by atoms with Crippen LogP contribution in [0.2, 0.25) is 0 Å². The van der Waals surface area contributed by atoms with Gasteiger partial charge in [0.25, 0.3) is 0 Å². The summed E-state index contributed by atoms with van der Waals surface area (Å²) in [6, 6.07) is 8.88. The van der Waals surface area contributed by atoms with E-state index in [-0.39, 0.29) is 17.5 Å². The van der Waals surface area contributed by atoms with E-state index in [4.69, 9.17) is 16.3 Å². The van der Waals surface area contributed by atoms with E-state index in [9.17, 15) is 4.79 Å². The lowest BCUT2D eigenvalue weighted by atomic mass is 10.2. The molecule has 1 aromatic carbocycles. The fourth-order valence-corrected chi connectivity index (χ4v) is 0.956. The molecule has 0 heterocycles. The van der Waals surface area contributed by atoms with E-state index >= 15 is 0 Å². The molecule has 2 atom stereocenters. The van der Waals surface area contributed by atoms with Crippen molar-refractivity contribution in [1.82, 2.24) is 0 Å². The van der Waals surface area contributed by atoms with Gasteiger partial charge in [0.1, 0.15) is 6.10 Å². The summed E-state index contributed by atoms with van der Waals surface area (Å²) >= 11 is 5.78. The van der Waals surface area contributed by atoms with Gasteiger partial charge in [0.2, 0.25) is 0 Å². The number of carbonyl (C=O) groups is 1. The summed E-state index contributed by atoms with van der Waals surface area (Å²) in [5, 5.41) is -0.178. The number of hydrogen-bond acceptors (Lipinski definition) is 2. The molecule has 0 saturated carbocycles. The molecule has 0 aliphatic rings. The summed E-state index contributed by atoms with van der Waals surface area (Å²) in [6.45, 7) is 3.57. The summed E-state index contributed by atoms with van der Waals surface area (Å²) in [4.78, 5) is 11.5. The number of esters is 1. The Hall–Kier alpha value is -1.02. The molecule has 0 N–H and O–H groups in total. The lowest BCUT2D eigenvalue weighted by Crippen LogP contribution is -2.22. The minimum absolute atomic E-state index is 0.178. The van der Waals surface area contributed by atoms with Crippen molar-refractivity contribution in [2.45, 2.75) is 25.3 Å². The number of hydrogen-bond donors (Lipinski definition) is 0. The van der Waals surface area contributed by atoms with E-state index < -0.39 is 0 Å². The van der Waals surface area contributed by atoms with E-state index in [2.05, 4.69) is 0 Å². The first-order valence-electron chi connectivity index (χ1n) is 4.51. The van der Waals surface area contributed by atoms with Crippen LogP contribution in [0.25, 0.3) is 0 Å². The molecule has 14 heavy (non-hydrogen) atoms. The topological polar surface area (TPSA) is 26.3 Å². The van der Waals surface area contributed by atoms with E-state index in [0.29, 0.717) is 5.56 Å². The summed E-state index contributed by atoms with van der Waals surface area (Å²) in [7, 11) is 0. The Morgan fingerprint density at radius 2 is 1.86 bits per heavy atom. The predicted molar refractivity (Wildman–Crippen MR) is 56.6 cm³/mol. The molecule has 3 heteroatoms.